The number of rotatable bonds is 8. The molecule has 0 aliphatic rings. The molecule has 0 fully saturated rings. The van der Waals surface area contributed by atoms with Gasteiger partial charge in [-0.05, 0) is 78.2 Å². The first-order valence-electron chi connectivity index (χ1n) is 10.0. The van der Waals surface area contributed by atoms with E-state index in [1.807, 2.05) is 37.5 Å². The minimum absolute atomic E-state index is 0.151. The molecule has 2 amide bonds. The van der Waals surface area contributed by atoms with E-state index in [0.717, 1.165) is 21.3 Å². The lowest BCUT2D eigenvalue weighted by Gasteiger charge is -2.11. The van der Waals surface area contributed by atoms with Gasteiger partial charge in [-0.1, -0.05) is 35.0 Å². The number of nitrogens with zero attached hydrogens (tertiary/aromatic N) is 3. The Balaban J connectivity index is 1.60. The highest BCUT2D eigenvalue weighted by molar-refractivity contribution is 9.10. The van der Waals surface area contributed by atoms with Crippen LogP contribution in [0.5, 0.6) is 0 Å². The average Bonchev–Trinajstić information content (AvgIpc) is 3.16. The predicted octanol–water partition coefficient (Wildman–Crippen LogP) is 5.64. The van der Waals surface area contributed by atoms with Crippen molar-refractivity contribution in [1.29, 1.82) is 0 Å². The summed E-state index contributed by atoms with van der Waals surface area (Å²) in [5.74, 6) is 0.261. The fourth-order valence-corrected chi connectivity index (χ4v) is 4.87. The van der Waals surface area contributed by atoms with E-state index in [1.165, 1.54) is 17.8 Å². The SMILES string of the molecule is CCn1c(CNC(=O)c2ccc(Cl)cc2Cl)nnc1SCC(=O)Nc1cc(C)c(C)cc1Br. The summed E-state index contributed by atoms with van der Waals surface area (Å²) < 4.78 is 2.69. The molecule has 0 unspecified atom stereocenters. The molecular formula is C22H22BrCl2N5O2S. The molecule has 2 aromatic carbocycles. The summed E-state index contributed by atoms with van der Waals surface area (Å²) in [4.78, 5) is 24.9. The quantitative estimate of drug-likeness (QED) is 0.342. The molecule has 174 valence electrons. The molecule has 1 heterocycles. The van der Waals surface area contributed by atoms with Gasteiger partial charge in [-0.25, -0.2) is 0 Å². The van der Waals surface area contributed by atoms with Crippen LogP contribution in [0.2, 0.25) is 10.0 Å². The predicted molar refractivity (Wildman–Crippen MR) is 136 cm³/mol. The monoisotopic (exact) mass is 569 g/mol. The van der Waals surface area contributed by atoms with E-state index in [4.69, 9.17) is 23.2 Å². The second-order valence-corrected chi connectivity index (χ2v) is 9.84. The number of carbonyl (C=O) groups is 2. The number of halogens is 3. The minimum Gasteiger partial charge on any atom is -0.345 e. The van der Waals surface area contributed by atoms with Crippen LogP contribution in [-0.4, -0.2) is 32.3 Å². The minimum atomic E-state index is -0.338. The molecular weight excluding hydrogens is 549 g/mol. The zero-order valence-corrected chi connectivity index (χ0v) is 22.1. The molecule has 0 aliphatic carbocycles. The summed E-state index contributed by atoms with van der Waals surface area (Å²) in [6, 6.07) is 8.60. The molecule has 0 radical (unpaired) electrons. The van der Waals surface area contributed by atoms with Gasteiger partial charge in [-0.3, -0.25) is 9.59 Å². The number of benzene rings is 2. The lowest BCUT2D eigenvalue weighted by atomic mass is 10.1. The lowest BCUT2D eigenvalue weighted by Crippen LogP contribution is -2.25. The lowest BCUT2D eigenvalue weighted by molar-refractivity contribution is -0.113. The standard InChI is InChI=1S/C22H22BrCl2N5O2S/c1-4-30-19(10-26-21(32)15-6-5-14(24)9-17(15)25)28-29-22(30)33-11-20(31)27-18-8-13(3)12(2)7-16(18)23/h5-9H,4,10-11H2,1-3H3,(H,26,32)(H,27,31). The number of anilines is 1. The van der Waals surface area contributed by atoms with Crippen LogP contribution in [0.1, 0.15) is 34.2 Å². The molecule has 3 rings (SSSR count). The Morgan fingerprint density at radius 1 is 1.12 bits per heavy atom. The second-order valence-electron chi connectivity index (χ2n) is 7.20. The molecule has 0 saturated heterocycles. The molecule has 3 aromatic rings. The van der Waals surface area contributed by atoms with E-state index < -0.39 is 0 Å². The third-order valence-corrected chi connectivity index (χ3v) is 7.05. The Bertz CT molecular complexity index is 1200. The smallest absolute Gasteiger partial charge is 0.253 e. The Hall–Kier alpha value is -2.07. The van der Waals surface area contributed by atoms with Crippen LogP contribution < -0.4 is 10.6 Å². The van der Waals surface area contributed by atoms with Gasteiger partial charge in [-0.2, -0.15) is 0 Å². The fraction of sp³-hybridized carbons (Fsp3) is 0.273. The van der Waals surface area contributed by atoms with Crippen LogP contribution in [0.4, 0.5) is 5.69 Å². The van der Waals surface area contributed by atoms with Gasteiger partial charge in [0.1, 0.15) is 0 Å². The van der Waals surface area contributed by atoms with E-state index in [9.17, 15) is 9.59 Å². The van der Waals surface area contributed by atoms with Gasteiger partial charge < -0.3 is 15.2 Å². The number of aromatic nitrogens is 3. The Kier molecular flexibility index (Phi) is 8.81. The summed E-state index contributed by atoms with van der Waals surface area (Å²) in [6.45, 7) is 6.72. The largest absolute Gasteiger partial charge is 0.345 e. The normalized spacial score (nSPS) is 10.8. The van der Waals surface area contributed by atoms with Crippen molar-refractivity contribution in [3.8, 4) is 0 Å². The topological polar surface area (TPSA) is 88.9 Å². The highest BCUT2D eigenvalue weighted by Crippen LogP contribution is 2.27. The zero-order chi connectivity index (χ0) is 24.1. The zero-order valence-electron chi connectivity index (χ0n) is 18.2. The third kappa shape index (κ3) is 6.50. The number of nitrogens with one attached hydrogen (secondary N) is 2. The molecule has 0 aliphatic heterocycles. The maximum atomic E-state index is 12.5. The second kappa shape index (κ2) is 11.4. The third-order valence-electron chi connectivity index (χ3n) is 4.88. The summed E-state index contributed by atoms with van der Waals surface area (Å²) in [5.41, 5.74) is 3.29. The Morgan fingerprint density at radius 3 is 2.55 bits per heavy atom. The van der Waals surface area contributed by atoms with Crippen molar-refractivity contribution < 1.29 is 9.59 Å². The number of hydrogen-bond acceptors (Lipinski definition) is 5. The summed E-state index contributed by atoms with van der Waals surface area (Å²) >= 11 is 16.8. The molecule has 0 atom stereocenters. The number of aryl methyl sites for hydroxylation is 2. The van der Waals surface area contributed by atoms with Crippen molar-refractivity contribution in [2.45, 2.75) is 39.0 Å². The van der Waals surface area contributed by atoms with E-state index in [0.29, 0.717) is 28.1 Å². The molecule has 2 N–H and O–H groups in total. The van der Waals surface area contributed by atoms with Gasteiger partial charge >= 0.3 is 0 Å². The van der Waals surface area contributed by atoms with E-state index in [1.54, 1.807) is 12.1 Å². The maximum absolute atomic E-state index is 12.5. The fourth-order valence-electron chi connectivity index (χ4n) is 3.00. The van der Waals surface area contributed by atoms with Crippen molar-refractivity contribution >= 4 is 68.4 Å². The Labute approximate surface area is 214 Å². The van der Waals surface area contributed by atoms with Crippen molar-refractivity contribution in [3.63, 3.8) is 0 Å². The first-order chi connectivity index (χ1) is 15.7. The van der Waals surface area contributed by atoms with Crippen LogP contribution in [0, 0.1) is 13.8 Å². The molecule has 0 saturated carbocycles. The van der Waals surface area contributed by atoms with Crippen molar-refractivity contribution in [2.24, 2.45) is 0 Å². The summed E-state index contributed by atoms with van der Waals surface area (Å²) in [5, 5.41) is 15.4. The summed E-state index contributed by atoms with van der Waals surface area (Å²) in [7, 11) is 0. The van der Waals surface area contributed by atoms with Gasteiger partial charge in [-0.15, -0.1) is 10.2 Å². The van der Waals surface area contributed by atoms with Crippen molar-refractivity contribution in [2.75, 3.05) is 11.1 Å². The Morgan fingerprint density at radius 2 is 1.85 bits per heavy atom. The van der Waals surface area contributed by atoms with Gasteiger partial charge in [0.25, 0.3) is 5.91 Å². The number of carbonyl (C=O) groups excluding carboxylic acids is 2. The summed E-state index contributed by atoms with van der Waals surface area (Å²) in [6.07, 6.45) is 0. The number of hydrogen-bond donors (Lipinski definition) is 2. The first-order valence-corrected chi connectivity index (χ1v) is 12.6. The van der Waals surface area contributed by atoms with E-state index >= 15 is 0 Å². The first kappa shape index (κ1) is 25.6. The molecule has 0 bridgehead atoms. The molecule has 0 spiro atoms. The average molecular weight is 571 g/mol. The highest BCUT2D eigenvalue weighted by Gasteiger charge is 2.16. The molecule has 1 aromatic heterocycles. The van der Waals surface area contributed by atoms with Crippen LogP contribution >= 0.6 is 50.9 Å². The molecule has 11 heteroatoms. The van der Waals surface area contributed by atoms with Crippen molar-refractivity contribution in [1.82, 2.24) is 20.1 Å². The maximum Gasteiger partial charge on any atom is 0.253 e. The number of amides is 2. The van der Waals surface area contributed by atoms with Gasteiger partial charge in [0.2, 0.25) is 5.91 Å². The van der Waals surface area contributed by atoms with Crippen LogP contribution in [-0.2, 0) is 17.9 Å². The van der Waals surface area contributed by atoms with E-state index in [-0.39, 0.29) is 29.1 Å². The van der Waals surface area contributed by atoms with Gasteiger partial charge in [0.05, 0.1) is 28.6 Å². The number of thioether (sulfide) groups is 1. The van der Waals surface area contributed by atoms with Crippen LogP contribution in [0.15, 0.2) is 40.0 Å². The van der Waals surface area contributed by atoms with Crippen LogP contribution in [0.25, 0.3) is 0 Å². The highest BCUT2D eigenvalue weighted by atomic mass is 79.9. The van der Waals surface area contributed by atoms with Gasteiger partial charge in [0, 0.05) is 16.0 Å². The molecule has 33 heavy (non-hydrogen) atoms. The molecule has 7 nitrogen and oxygen atoms in total. The van der Waals surface area contributed by atoms with Gasteiger partial charge in [0.15, 0.2) is 11.0 Å². The van der Waals surface area contributed by atoms with Crippen molar-refractivity contribution in [3.05, 3.63) is 67.4 Å². The van der Waals surface area contributed by atoms with Crippen LogP contribution in [0.3, 0.4) is 0 Å². The van der Waals surface area contributed by atoms with E-state index in [2.05, 4.69) is 36.8 Å².